The van der Waals surface area contributed by atoms with Crippen LogP contribution in [0.4, 0.5) is 5.13 Å². The minimum absolute atomic E-state index is 0.0571. The minimum Gasteiger partial charge on any atom is -0.342 e. The SMILES string of the molecule is O=C(Nc1nc(C2CC2)cs1)C1CC(=O)N(CC2CC2)C1. The highest BCUT2D eigenvalue weighted by molar-refractivity contribution is 7.13. The Morgan fingerprint density at radius 3 is 2.90 bits per heavy atom. The highest BCUT2D eigenvalue weighted by atomic mass is 32.1. The van der Waals surface area contributed by atoms with Gasteiger partial charge in [-0.15, -0.1) is 11.3 Å². The van der Waals surface area contributed by atoms with Gasteiger partial charge in [-0.25, -0.2) is 4.98 Å². The normalized spacial score (nSPS) is 25.4. The maximum Gasteiger partial charge on any atom is 0.231 e. The van der Waals surface area contributed by atoms with Gasteiger partial charge in [0.15, 0.2) is 5.13 Å². The summed E-state index contributed by atoms with van der Waals surface area (Å²) < 4.78 is 0. The van der Waals surface area contributed by atoms with Crippen molar-refractivity contribution in [2.24, 2.45) is 11.8 Å². The molecule has 3 fully saturated rings. The van der Waals surface area contributed by atoms with Crippen LogP contribution in [0.5, 0.6) is 0 Å². The molecule has 2 aliphatic carbocycles. The minimum atomic E-state index is -0.218. The van der Waals surface area contributed by atoms with Crippen molar-refractivity contribution in [1.29, 1.82) is 0 Å². The lowest BCUT2D eigenvalue weighted by Crippen LogP contribution is -2.29. The Hall–Kier alpha value is -1.43. The Balaban J connectivity index is 1.34. The number of anilines is 1. The lowest BCUT2D eigenvalue weighted by Gasteiger charge is -2.15. The topological polar surface area (TPSA) is 62.3 Å². The molecule has 3 aliphatic rings. The predicted molar refractivity (Wildman–Crippen MR) is 80.1 cm³/mol. The first kappa shape index (κ1) is 13.2. The van der Waals surface area contributed by atoms with Crippen LogP contribution >= 0.6 is 11.3 Å². The van der Waals surface area contributed by atoms with E-state index >= 15 is 0 Å². The molecule has 2 saturated carbocycles. The quantitative estimate of drug-likeness (QED) is 0.907. The summed E-state index contributed by atoms with van der Waals surface area (Å²) in [5.41, 5.74) is 1.10. The van der Waals surface area contributed by atoms with E-state index in [4.69, 9.17) is 0 Å². The van der Waals surface area contributed by atoms with Gasteiger partial charge in [0, 0.05) is 30.8 Å². The van der Waals surface area contributed by atoms with Crippen LogP contribution in [0.2, 0.25) is 0 Å². The molecule has 0 spiro atoms. The van der Waals surface area contributed by atoms with E-state index in [9.17, 15) is 9.59 Å². The summed E-state index contributed by atoms with van der Waals surface area (Å²) in [6, 6.07) is 0. The Kier molecular flexibility index (Phi) is 3.21. The third kappa shape index (κ3) is 2.95. The van der Waals surface area contributed by atoms with E-state index in [2.05, 4.69) is 10.3 Å². The molecule has 1 aliphatic heterocycles. The van der Waals surface area contributed by atoms with Gasteiger partial charge in [0.2, 0.25) is 11.8 Å². The number of carbonyl (C=O) groups is 2. The number of hydrogen-bond acceptors (Lipinski definition) is 4. The maximum absolute atomic E-state index is 12.3. The van der Waals surface area contributed by atoms with Gasteiger partial charge in [0.1, 0.15) is 0 Å². The van der Waals surface area contributed by atoms with Crippen LogP contribution in [-0.4, -0.2) is 34.8 Å². The van der Waals surface area contributed by atoms with Gasteiger partial charge in [0.25, 0.3) is 0 Å². The second-order valence-electron chi connectivity index (χ2n) is 6.48. The fraction of sp³-hybridized carbons (Fsp3) is 0.667. The zero-order chi connectivity index (χ0) is 14.4. The molecule has 2 heterocycles. The van der Waals surface area contributed by atoms with Crippen molar-refractivity contribution in [1.82, 2.24) is 9.88 Å². The van der Waals surface area contributed by atoms with Crippen molar-refractivity contribution in [3.05, 3.63) is 11.1 Å². The molecule has 4 rings (SSSR count). The molecular weight excluding hydrogens is 286 g/mol. The molecule has 0 radical (unpaired) electrons. The third-order valence-corrected chi connectivity index (χ3v) is 5.28. The summed E-state index contributed by atoms with van der Waals surface area (Å²) >= 11 is 1.49. The third-order valence-electron chi connectivity index (χ3n) is 4.51. The van der Waals surface area contributed by atoms with Crippen LogP contribution in [0.1, 0.15) is 43.7 Å². The molecule has 5 nitrogen and oxygen atoms in total. The zero-order valence-electron chi connectivity index (χ0n) is 11.9. The van der Waals surface area contributed by atoms with Crippen LogP contribution in [0, 0.1) is 11.8 Å². The Bertz CT molecular complexity index is 577. The van der Waals surface area contributed by atoms with Crippen molar-refractivity contribution in [3.63, 3.8) is 0 Å². The number of likely N-dealkylation sites (tertiary alicyclic amines) is 1. The summed E-state index contributed by atoms with van der Waals surface area (Å²) in [5.74, 6) is 1.13. The van der Waals surface area contributed by atoms with Gasteiger partial charge in [-0.1, -0.05) is 0 Å². The highest BCUT2D eigenvalue weighted by Crippen LogP contribution is 2.41. The van der Waals surface area contributed by atoms with Crippen molar-refractivity contribution in [2.45, 2.75) is 38.0 Å². The molecule has 112 valence electrons. The van der Waals surface area contributed by atoms with Gasteiger partial charge in [-0.2, -0.15) is 0 Å². The Labute approximate surface area is 127 Å². The van der Waals surface area contributed by atoms with E-state index in [1.54, 1.807) is 0 Å². The molecule has 6 heteroatoms. The molecule has 1 aromatic rings. The van der Waals surface area contributed by atoms with E-state index < -0.39 is 0 Å². The van der Waals surface area contributed by atoms with E-state index in [1.807, 2.05) is 10.3 Å². The van der Waals surface area contributed by atoms with Crippen LogP contribution in [0.15, 0.2) is 5.38 Å². The van der Waals surface area contributed by atoms with Crippen molar-refractivity contribution in [2.75, 3.05) is 18.4 Å². The summed E-state index contributed by atoms with van der Waals surface area (Å²) in [6.45, 7) is 1.41. The molecule has 1 atom stereocenters. The van der Waals surface area contributed by atoms with Crippen LogP contribution in [0.3, 0.4) is 0 Å². The van der Waals surface area contributed by atoms with Crippen LogP contribution < -0.4 is 5.32 Å². The number of carbonyl (C=O) groups excluding carboxylic acids is 2. The van der Waals surface area contributed by atoms with Crippen molar-refractivity contribution < 1.29 is 9.59 Å². The zero-order valence-corrected chi connectivity index (χ0v) is 12.7. The number of nitrogens with one attached hydrogen (secondary N) is 1. The first-order valence-corrected chi connectivity index (χ1v) is 8.61. The van der Waals surface area contributed by atoms with Gasteiger partial charge >= 0.3 is 0 Å². The molecule has 21 heavy (non-hydrogen) atoms. The smallest absolute Gasteiger partial charge is 0.231 e. The second kappa shape index (κ2) is 5.09. The maximum atomic E-state index is 12.3. The van der Waals surface area contributed by atoms with Gasteiger partial charge < -0.3 is 10.2 Å². The largest absolute Gasteiger partial charge is 0.342 e. The van der Waals surface area contributed by atoms with E-state index in [1.165, 1.54) is 37.0 Å². The molecule has 1 N–H and O–H groups in total. The number of aromatic nitrogens is 1. The molecular formula is C15H19N3O2S. The molecule has 0 aromatic carbocycles. The molecule has 1 saturated heterocycles. The average molecular weight is 305 g/mol. The fourth-order valence-electron chi connectivity index (χ4n) is 2.85. The van der Waals surface area contributed by atoms with Gasteiger partial charge in [-0.05, 0) is 31.6 Å². The summed E-state index contributed by atoms with van der Waals surface area (Å²) in [7, 11) is 0. The monoisotopic (exact) mass is 305 g/mol. The number of amides is 2. The second-order valence-corrected chi connectivity index (χ2v) is 7.34. The molecule has 0 bridgehead atoms. The van der Waals surface area contributed by atoms with Gasteiger partial charge in [0.05, 0.1) is 11.6 Å². The fourth-order valence-corrected chi connectivity index (χ4v) is 3.65. The lowest BCUT2D eigenvalue weighted by molar-refractivity contribution is -0.128. The van der Waals surface area contributed by atoms with E-state index in [0.717, 1.165) is 12.2 Å². The molecule has 1 aromatic heterocycles. The van der Waals surface area contributed by atoms with E-state index in [0.29, 0.717) is 29.9 Å². The number of thiazole rings is 1. The first-order valence-electron chi connectivity index (χ1n) is 7.73. The van der Waals surface area contributed by atoms with Crippen molar-refractivity contribution in [3.8, 4) is 0 Å². The Morgan fingerprint density at radius 1 is 1.38 bits per heavy atom. The summed E-state index contributed by atoms with van der Waals surface area (Å²) in [5, 5.41) is 5.60. The Morgan fingerprint density at radius 2 is 2.19 bits per heavy atom. The standard InChI is InChI=1S/C15H19N3O2S/c19-13-5-11(7-18(13)6-9-1-2-9)14(20)17-15-16-12(8-21-15)10-3-4-10/h8-11H,1-7H2,(H,16,17,20). The van der Waals surface area contributed by atoms with Gasteiger partial charge in [-0.3, -0.25) is 9.59 Å². The first-order chi connectivity index (χ1) is 10.2. The van der Waals surface area contributed by atoms with Crippen LogP contribution in [0.25, 0.3) is 0 Å². The number of nitrogens with zero attached hydrogens (tertiary/aromatic N) is 2. The number of hydrogen-bond donors (Lipinski definition) is 1. The molecule has 2 amide bonds. The number of rotatable bonds is 5. The summed E-state index contributed by atoms with van der Waals surface area (Å²) in [6.07, 6.45) is 5.22. The lowest BCUT2D eigenvalue weighted by atomic mass is 10.1. The summed E-state index contributed by atoms with van der Waals surface area (Å²) in [4.78, 5) is 30.5. The van der Waals surface area contributed by atoms with Crippen molar-refractivity contribution >= 4 is 28.3 Å². The van der Waals surface area contributed by atoms with E-state index in [-0.39, 0.29) is 17.7 Å². The molecule has 1 unspecified atom stereocenters. The highest BCUT2D eigenvalue weighted by Gasteiger charge is 2.37. The average Bonchev–Trinajstić information content (AvgIpc) is 3.37. The predicted octanol–water partition coefficient (Wildman–Crippen LogP) is 2.22. The van der Waals surface area contributed by atoms with Crippen LogP contribution in [-0.2, 0) is 9.59 Å².